The van der Waals surface area contributed by atoms with E-state index in [2.05, 4.69) is 11.7 Å². The first-order valence-corrected chi connectivity index (χ1v) is 10.6. The van der Waals surface area contributed by atoms with Gasteiger partial charge in [0, 0.05) is 0 Å². The Morgan fingerprint density at radius 2 is 1.12 bits per heavy atom. The van der Waals surface area contributed by atoms with Crippen molar-refractivity contribution in [3.05, 3.63) is 0 Å². The molecule has 0 unspecified atom stereocenters. The van der Waals surface area contributed by atoms with Crippen LogP contribution in [0.15, 0.2) is 0 Å². The van der Waals surface area contributed by atoms with Gasteiger partial charge in [0.05, 0.1) is 6.10 Å². The van der Waals surface area contributed by atoms with Crippen LogP contribution in [-0.2, 0) is 4.74 Å². The molecule has 0 bridgehead atoms. The molecule has 0 aromatic carbocycles. The molecule has 1 nitrogen and oxygen atoms in total. The Hall–Kier alpha value is -0.250. The second kappa shape index (κ2) is 6.73. The highest BCUT2D eigenvalue weighted by atomic mass is 19.4. The van der Waals surface area contributed by atoms with Crippen molar-refractivity contribution in [3.8, 4) is 0 Å². The number of ether oxygens (including phenoxy) is 1. The number of hydrogen-bond donors (Lipinski definition) is 0. The van der Waals surface area contributed by atoms with Crippen LogP contribution in [0.1, 0.15) is 84.0 Å². The molecule has 4 aliphatic rings. The van der Waals surface area contributed by atoms with E-state index in [1.54, 1.807) is 0 Å². The van der Waals surface area contributed by atoms with Crippen molar-refractivity contribution < 1.29 is 17.9 Å². The lowest BCUT2D eigenvalue weighted by atomic mass is 9.43. The van der Waals surface area contributed by atoms with Crippen molar-refractivity contribution >= 4 is 0 Å². The van der Waals surface area contributed by atoms with E-state index in [0.29, 0.717) is 24.2 Å². The molecule has 0 aromatic heterocycles. The van der Waals surface area contributed by atoms with E-state index in [0.717, 1.165) is 36.5 Å². The van der Waals surface area contributed by atoms with Gasteiger partial charge in [0.1, 0.15) is 0 Å². The van der Waals surface area contributed by atoms with Gasteiger partial charge in [-0.1, -0.05) is 19.8 Å². The Labute approximate surface area is 150 Å². The van der Waals surface area contributed by atoms with Gasteiger partial charge in [0.2, 0.25) is 0 Å². The van der Waals surface area contributed by atoms with Gasteiger partial charge in [-0.15, -0.1) is 13.2 Å². The molecule has 4 fully saturated rings. The highest BCUT2D eigenvalue weighted by molar-refractivity contribution is 5.06. The second-order valence-electron chi connectivity index (χ2n) is 9.96. The summed E-state index contributed by atoms with van der Waals surface area (Å²) in [7, 11) is 0. The minimum Gasteiger partial charge on any atom is -0.289 e. The molecular weight excluding hydrogens is 325 g/mol. The fraction of sp³-hybridized carbons (Fsp3) is 1.00. The third-order valence-electron chi connectivity index (χ3n) is 8.19. The minimum absolute atomic E-state index is 0.591. The van der Waals surface area contributed by atoms with Gasteiger partial charge in [-0.25, -0.2) is 0 Å². The van der Waals surface area contributed by atoms with Crippen LogP contribution in [0.25, 0.3) is 0 Å². The average Bonchev–Trinajstić information content (AvgIpc) is 2.46. The largest absolute Gasteiger partial charge is 0.522 e. The molecular formula is C21H33F3O. The molecule has 4 heteroatoms. The summed E-state index contributed by atoms with van der Waals surface area (Å²) in [5, 5.41) is 0. The summed E-state index contributed by atoms with van der Waals surface area (Å²) in [4.78, 5) is 0. The number of halogens is 3. The zero-order valence-electron chi connectivity index (χ0n) is 15.5. The van der Waals surface area contributed by atoms with Crippen LogP contribution in [0.2, 0.25) is 0 Å². The van der Waals surface area contributed by atoms with Crippen LogP contribution in [0, 0.1) is 35.0 Å². The lowest BCUT2D eigenvalue weighted by Crippen LogP contribution is -2.52. The highest BCUT2D eigenvalue weighted by Gasteiger charge is 2.55. The van der Waals surface area contributed by atoms with Crippen LogP contribution in [-0.4, -0.2) is 12.5 Å². The van der Waals surface area contributed by atoms with E-state index in [1.165, 1.54) is 51.4 Å². The zero-order valence-corrected chi connectivity index (χ0v) is 15.5. The third-order valence-corrected chi connectivity index (χ3v) is 8.19. The van der Waals surface area contributed by atoms with Crippen molar-refractivity contribution in [2.45, 2.75) is 96.4 Å². The molecule has 0 radical (unpaired) electrons. The normalized spacial score (nSPS) is 48.0. The van der Waals surface area contributed by atoms with E-state index in [9.17, 15) is 13.2 Å². The number of hydrogen-bond acceptors (Lipinski definition) is 1. The van der Waals surface area contributed by atoms with E-state index in [4.69, 9.17) is 0 Å². The van der Waals surface area contributed by atoms with Gasteiger partial charge in [-0.05, 0) is 99.2 Å². The molecule has 144 valence electrons. The number of alkyl halides is 3. The fourth-order valence-corrected chi connectivity index (χ4v) is 6.73. The summed E-state index contributed by atoms with van der Waals surface area (Å²) in [5.41, 5.74) is 0.651. The van der Waals surface area contributed by atoms with Crippen molar-refractivity contribution in [2.75, 3.05) is 0 Å². The molecule has 0 atom stereocenters. The molecule has 1 spiro atoms. The van der Waals surface area contributed by atoms with Crippen LogP contribution in [0.5, 0.6) is 0 Å². The summed E-state index contributed by atoms with van der Waals surface area (Å²) in [6.45, 7) is 2.39. The Morgan fingerprint density at radius 3 is 1.56 bits per heavy atom. The summed E-state index contributed by atoms with van der Waals surface area (Å²) in [5.74, 6) is 4.38. The van der Waals surface area contributed by atoms with Gasteiger partial charge in [0.25, 0.3) is 0 Å². The Kier molecular flexibility index (Phi) is 4.88. The third kappa shape index (κ3) is 4.04. The van der Waals surface area contributed by atoms with Gasteiger partial charge in [-0.3, -0.25) is 4.74 Å². The van der Waals surface area contributed by atoms with E-state index in [-0.39, 0.29) is 0 Å². The maximum Gasteiger partial charge on any atom is 0.522 e. The Bertz CT molecular complexity index is 444. The molecule has 0 aromatic rings. The summed E-state index contributed by atoms with van der Waals surface area (Å²) < 4.78 is 41.2. The molecule has 25 heavy (non-hydrogen) atoms. The lowest BCUT2D eigenvalue weighted by Gasteiger charge is -2.62. The average molecular weight is 358 g/mol. The molecule has 4 rings (SSSR count). The first-order valence-electron chi connectivity index (χ1n) is 10.6. The Morgan fingerprint density at radius 1 is 0.680 bits per heavy atom. The van der Waals surface area contributed by atoms with Crippen molar-refractivity contribution in [3.63, 3.8) is 0 Å². The molecule has 0 N–H and O–H groups in total. The highest BCUT2D eigenvalue weighted by Crippen LogP contribution is 2.66. The number of rotatable bonds is 3. The lowest BCUT2D eigenvalue weighted by molar-refractivity contribution is -0.346. The maximum atomic E-state index is 12.3. The minimum atomic E-state index is -4.46. The molecule has 0 saturated heterocycles. The molecule has 0 aliphatic heterocycles. The first kappa shape index (κ1) is 18.1. The maximum absolute atomic E-state index is 12.3. The summed E-state index contributed by atoms with van der Waals surface area (Å²) in [6.07, 6.45) is 9.41. The van der Waals surface area contributed by atoms with E-state index < -0.39 is 12.5 Å². The van der Waals surface area contributed by atoms with Crippen molar-refractivity contribution in [2.24, 2.45) is 35.0 Å². The van der Waals surface area contributed by atoms with Gasteiger partial charge in [-0.2, -0.15) is 0 Å². The zero-order chi connectivity index (χ0) is 17.7. The molecule has 0 amide bonds. The molecule has 4 saturated carbocycles. The predicted octanol–water partition coefficient (Wildman–Crippen LogP) is 6.71. The van der Waals surface area contributed by atoms with Gasteiger partial charge >= 0.3 is 6.36 Å². The quantitative estimate of drug-likeness (QED) is 0.544. The van der Waals surface area contributed by atoms with Crippen molar-refractivity contribution in [1.82, 2.24) is 0 Å². The predicted molar refractivity (Wildman–Crippen MR) is 91.9 cm³/mol. The van der Waals surface area contributed by atoms with E-state index >= 15 is 0 Å². The summed E-state index contributed by atoms with van der Waals surface area (Å²) in [6, 6.07) is 0. The van der Waals surface area contributed by atoms with Crippen LogP contribution in [0.4, 0.5) is 13.2 Å². The molecule has 4 aliphatic carbocycles. The van der Waals surface area contributed by atoms with Crippen LogP contribution >= 0.6 is 0 Å². The van der Waals surface area contributed by atoms with Gasteiger partial charge in [0.15, 0.2) is 0 Å². The monoisotopic (exact) mass is 358 g/mol. The fourth-order valence-electron chi connectivity index (χ4n) is 6.73. The van der Waals surface area contributed by atoms with Crippen LogP contribution < -0.4 is 0 Å². The smallest absolute Gasteiger partial charge is 0.289 e. The van der Waals surface area contributed by atoms with Crippen molar-refractivity contribution in [1.29, 1.82) is 0 Å². The Balaban J connectivity index is 1.16. The first-order chi connectivity index (χ1) is 11.8. The van der Waals surface area contributed by atoms with Gasteiger partial charge < -0.3 is 0 Å². The van der Waals surface area contributed by atoms with E-state index in [1.807, 2.05) is 0 Å². The topological polar surface area (TPSA) is 9.23 Å². The summed E-state index contributed by atoms with van der Waals surface area (Å²) >= 11 is 0. The SMILES string of the molecule is CC1CCC(C2CC3(C2)CC(C2CCC(OC(F)(F)F)CC2)C3)CC1. The second-order valence-corrected chi connectivity index (χ2v) is 9.96. The van der Waals surface area contributed by atoms with Crippen LogP contribution in [0.3, 0.4) is 0 Å². The molecule has 0 heterocycles. The standard InChI is InChI=1S/C21H33F3O/c1-14-2-4-15(5-3-14)17-10-20(11-17)12-18(13-20)16-6-8-19(9-7-16)25-21(22,23)24/h14-19H,2-13H2,1H3.